The van der Waals surface area contributed by atoms with E-state index in [0.29, 0.717) is 24.5 Å². The molecule has 1 unspecified atom stereocenters. The number of amides is 2. The quantitative estimate of drug-likeness (QED) is 0.555. The van der Waals surface area contributed by atoms with Crippen LogP contribution in [0.15, 0.2) is 24.3 Å². The molecular weight excluding hydrogens is 354 g/mol. The first-order valence-corrected chi connectivity index (χ1v) is 9.61. The molecule has 3 aliphatic rings. The highest BCUT2D eigenvalue weighted by Gasteiger charge is 2.53. The first-order chi connectivity index (χ1) is 12.5. The molecule has 1 saturated carbocycles. The Kier molecular flexibility index (Phi) is 4.67. The average molecular weight is 378 g/mol. The maximum atomic E-state index is 13.1. The number of nitrogens with one attached hydrogen (secondary N) is 2. The zero-order valence-electron chi connectivity index (χ0n) is 14.6. The minimum absolute atomic E-state index is 0.0429. The average Bonchev–Trinajstić information content (AvgIpc) is 3.21. The van der Waals surface area contributed by atoms with Crippen LogP contribution in [0.4, 0.5) is 0 Å². The van der Waals surface area contributed by atoms with Crippen LogP contribution in [-0.2, 0) is 9.59 Å². The van der Waals surface area contributed by atoms with E-state index in [0.717, 1.165) is 31.4 Å². The van der Waals surface area contributed by atoms with Gasteiger partial charge >= 0.3 is 0 Å². The Bertz CT molecular complexity index is 722. The third-order valence-corrected chi connectivity index (χ3v) is 6.48. The predicted molar refractivity (Wildman–Crippen MR) is 96.9 cm³/mol. The summed E-state index contributed by atoms with van der Waals surface area (Å²) in [7, 11) is 0. The second kappa shape index (κ2) is 6.83. The Morgan fingerprint density at radius 2 is 2.15 bits per heavy atom. The number of hydrogen-bond acceptors (Lipinski definition) is 4. The van der Waals surface area contributed by atoms with E-state index in [1.807, 2.05) is 29.2 Å². The lowest BCUT2D eigenvalue weighted by Gasteiger charge is -2.37. The van der Waals surface area contributed by atoms with Crippen LogP contribution in [0.5, 0.6) is 0 Å². The van der Waals surface area contributed by atoms with E-state index in [1.54, 1.807) is 5.48 Å². The number of nitrogens with zero attached hydrogens (tertiary/aromatic N) is 1. The highest BCUT2D eigenvalue weighted by molar-refractivity contribution is 6.30. The number of piperidine rings is 1. The fourth-order valence-corrected chi connectivity index (χ4v) is 4.66. The number of halogens is 1. The van der Waals surface area contributed by atoms with Crippen LogP contribution < -0.4 is 10.8 Å². The minimum Gasteiger partial charge on any atom is -0.341 e. The van der Waals surface area contributed by atoms with E-state index in [-0.39, 0.29) is 17.2 Å². The van der Waals surface area contributed by atoms with Gasteiger partial charge < -0.3 is 10.2 Å². The van der Waals surface area contributed by atoms with Gasteiger partial charge in [0.25, 0.3) is 0 Å². The molecule has 6 nitrogen and oxygen atoms in total. The molecule has 4 rings (SSSR count). The highest BCUT2D eigenvalue weighted by atomic mass is 35.5. The van der Waals surface area contributed by atoms with Crippen molar-refractivity contribution in [3.05, 3.63) is 34.9 Å². The predicted octanol–water partition coefficient (Wildman–Crippen LogP) is 1.92. The molecule has 1 aromatic rings. The van der Waals surface area contributed by atoms with Crippen molar-refractivity contribution in [2.75, 3.05) is 19.6 Å². The summed E-state index contributed by atoms with van der Waals surface area (Å²) in [6.45, 7) is 2.08. The van der Waals surface area contributed by atoms with Crippen molar-refractivity contribution in [3.63, 3.8) is 0 Å². The lowest BCUT2D eigenvalue weighted by molar-refractivity contribution is -0.144. The van der Waals surface area contributed by atoms with Crippen molar-refractivity contribution in [1.82, 2.24) is 15.7 Å². The van der Waals surface area contributed by atoms with Crippen LogP contribution in [0, 0.1) is 11.3 Å². The fourth-order valence-electron chi connectivity index (χ4n) is 4.46. The lowest BCUT2D eigenvalue weighted by Crippen LogP contribution is -2.58. The molecule has 2 saturated heterocycles. The van der Waals surface area contributed by atoms with Crippen LogP contribution >= 0.6 is 11.6 Å². The molecule has 140 valence electrons. The Balaban J connectivity index is 1.45. The summed E-state index contributed by atoms with van der Waals surface area (Å²) < 4.78 is 0. The summed E-state index contributed by atoms with van der Waals surface area (Å²) in [5, 5.41) is 13.1. The van der Waals surface area contributed by atoms with E-state index < -0.39 is 17.9 Å². The molecule has 0 aromatic heterocycles. The summed E-state index contributed by atoms with van der Waals surface area (Å²) in [6, 6.07) is 7.22. The van der Waals surface area contributed by atoms with Gasteiger partial charge in [0.05, 0.1) is 12.0 Å². The van der Waals surface area contributed by atoms with Gasteiger partial charge in [0.1, 0.15) is 0 Å². The topological polar surface area (TPSA) is 81.7 Å². The molecule has 7 heteroatoms. The van der Waals surface area contributed by atoms with E-state index >= 15 is 0 Å². The van der Waals surface area contributed by atoms with Gasteiger partial charge in [0.2, 0.25) is 11.8 Å². The van der Waals surface area contributed by atoms with E-state index in [4.69, 9.17) is 16.8 Å². The molecule has 26 heavy (non-hydrogen) atoms. The Morgan fingerprint density at radius 3 is 2.85 bits per heavy atom. The molecule has 2 heterocycles. The van der Waals surface area contributed by atoms with Crippen molar-refractivity contribution in [2.45, 2.75) is 37.6 Å². The molecule has 0 bridgehead atoms. The first kappa shape index (κ1) is 17.8. The number of rotatable bonds is 3. The molecule has 3 N–H and O–H groups in total. The number of hydrogen-bond donors (Lipinski definition) is 3. The second-order valence-electron chi connectivity index (χ2n) is 7.97. The summed E-state index contributed by atoms with van der Waals surface area (Å²) in [6.07, 6.45) is 3.71. The monoisotopic (exact) mass is 377 g/mol. The Hall–Kier alpha value is -1.63. The third-order valence-electron chi connectivity index (χ3n) is 6.24. The largest absolute Gasteiger partial charge is 0.341 e. The smallest absolute Gasteiger partial charge is 0.248 e. The van der Waals surface area contributed by atoms with E-state index in [1.165, 1.54) is 0 Å². The molecule has 2 aliphatic heterocycles. The fraction of sp³-hybridized carbons (Fsp3) is 0.579. The van der Waals surface area contributed by atoms with Crippen molar-refractivity contribution >= 4 is 23.4 Å². The number of likely N-dealkylation sites (tertiary alicyclic amines) is 1. The van der Waals surface area contributed by atoms with Gasteiger partial charge in [-0.2, -0.15) is 0 Å². The summed E-state index contributed by atoms with van der Waals surface area (Å²) in [5.41, 5.74) is 3.04. The van der Waals surface area contributed by atoms with Crippen LogP contribution in [0.25, 0.3) is 0 Å². The molecule has 1 aliphatic carbocycles. The zero-order valence-corrected chi connectivity index (χ0v) is 15.3. The van der Waals surface area contributed by atoms with Gasteiger partial charge in [-0.15, -0.1) is 0 Å². The standard InChI is InChI=1S/C19H24ClN3O3/c20-14-3-1-2-12(8-14)13-4-7-23(10-13)18(25)16-15(17(24)22-26)9-19(5-6-19)11-21-16/h1-3,8,13,15-16,21,26H,4-7,9-11H2,(H,22,24)/t13?,15-,16-/m0/s1. The van der Waals surface area contributed by atoms with Crippen molar-refractivity contribution in [2.24, 2.45) is 11.3 Å². The molecule has 3 atom stereocenters. The van der Waals surface area contributed by atoms with Crippen molar-refractivity contribution in [3.8, 4) is 0 Å². The number of carbonyl (C=O) groups is 2. The molecule has 1 aromatic carbocycles. The van der Waals surface area contributed by atoms with Crippen LogP contribution in [0.2, 0.25) is 5.02 Å². The minimum atomic E-state index is -0.563. The zero-order chi connectivity index (χ0) is 18.3. The first-order valence-electron chi connectivity index (χ1n) is 9.23. The van der Waals surface area contributed by atoms with Crippen LogP contribution in [0.1, 0.15) is 37.2 Å². The van der Waals surface area contributed by atoms with E-state index in [2.05, 4.69) is 5.32 Å². The van der Waals surface area contributed by atoms with Crippen LogP contribution in [0.3, 0.4) is 0 Å². The van der Waals surface area contributed by atoms with Gasteiger partial charge in [-0.05, 0) is 48.8 Å². The van der Waals surface area contributed by atoms with Crippen molar-refractivity contribution < 1.29 is 14.8 Å². The molecule has 0 radical (unpaired) electrons. The van der Waals surface area contributed by atoms with Crippen molar-refractivity contribution in [1.29, 1.82) is 0 Å². The number of carbonyl (C=O) groups excluding carboxylic acids is 2. The van der Waals surface area contributed by atoms with Crippen LogP contribution in [-0.4, -0.2) is 47.6 Å². The number of benzene rings is 1. The summed E-state index contributed by atoms with van der Waals surface area (Å²) >= 11 is 6.09. The van der Waals surface area contributed by atoms with Gasteiger partial charge in [-0.1, -0.05) is 23.7 Å². The molecule has 2 amide bonds. The van der Waals surface area contributed by atoms with Gasteiger partial charge in [-0.25, -0.2) is 5.48 Å². The van der Waals surface area contributed by atoms with Gasteiger partial charge in [0, 0.05) is 30.6 Å². The normalized spacial score (nSPS) is 29.6. The Morgan fingerprint density at radius 1 is 1.35 bits per heavy atom. The molecule has 3 fully saturated rings. The maximum Gasteiger partial charge on any atom is 0.248 e. The van der Waals surface area contributed by atoms with Gasteiger partial charge in [0.15, 0.2) is 0 Å². The van der Waals surface area contributed by atoms with Gasteiger partial charge in [-0.3, -0.25) is 14.8 Å². The Labute approximate surface area is 157 Å². The maximum absolute atomic E-state index is 13.1. The summed E-state index contributed by atoms with van der Waals surface area (Å²) in [4.78, 5) is 27.1. The third kappa shape index (κ3) is 3.33. The highest BCUT2D eigenvalue weighted by Crippen LogP contribution is 2.52. The SMILES string of the molecule is O=C(NO)[C@H]1CC2(CC2)CN[C@@H]1C(=O)N1CCC(c2cccc(Cl)c2)C1. The van der Waals surface area contributed by atoms with E-state index in [9.17, 15) is 9.59 Å². The lowest BCUT2D eigenvalue weighted by atomic mass is 9.81. The summed E-state index contributed by atoms with van der Waals surface area (Å²) in [5.74, 6) is -0.763. The number of hydroxylamine groups is 1. The molecule has 1 spiro atoms. The molecular formula is C19H24ClN3O3. The second-order valence-corrected chi connectivity index (χ2v) is 8.41.